The van der Waals surface area contributed by atoms with Crippen molar-refractivity contribution in [1.29, 1.82) is 0 Å². The highest BCUT2D eigenvalue weighted by Gasteiger charge is 2.06. The van der Waals surface area contributed by atoms with Crippen molar-refractivity contribution in [2.24, 2.45) is 9.98 Å². The van der Waals surface area contributed by atoms with Gasteiger partial charge in [-0.1, -0.05) is 60.7 Å². The Hall–Kier alpha value is -4.09. The standard InChI is InChI=1S/C32H35N5/c1-24-20-29(16-19-35-24)27-12-10-25(11-13-27)23-37-32(34-3)22-31(36-18-7-6-17-33-2)30-15-14-26-8-4-5-9-28(26)21-30/h4-5,8-16,19-22,33,36H,3,6-7,17-18,23H2,1-2H3. The molecule has 0 radical (unpaired) electrons. The van der Waals surface area contributed by atoms with Crippen LogP contribution in [0, 0.1) is 6.92 Å². The van der Waals surface area contributed by atoms with E-state index in [0.717, 1.165) is 48.4 Å². The van der Waals surface area contributed by atoms with E-state index >= 15 is 0 Å². The molecule has 0 saturated heterocycles. The number of amidine groups is 1. The third kappa shape index (κ3) is 7.45. The van der Waals surface area contributed by atoms with Gasteiger partial charge in [-0.2, -0.15) is 0 Å². The maximum atomic E-state index is 4.77. The van der Waals surface area contributed by atoms with Crippen molar-refractivity contribution in [2.45, 2.75) is 26.3 Å². The molecule has 188 valence electrons. The third-order valence-corrected chi connectivity index (χ3v) is 6.27. The van der Waals surface area contributed by atoms with Crippen molar-refractivity contribution in [3.05, 3.63) is 108 Å². The first-order valence-electron chi connectivity index (χ1n) is 12.8. The molecule has 0 aliphatic rings. The molecule has 5 heteroatoms. The van der Waals surface area contributed by atoms with Crippen LogP contribution in [0.4, 0.5) is 0 Å². The minimum Gasteiger partial charge on any atom is -0.384 e. The van der Waals surface area contributed by atoms with Crippen LogP contribution in [-0.4, -0.2) is 37.7 Å². The van der Waals surface area contributed by atoms with E-state index in [0.29, 0.717) is 12.4 Å². The van der Waals surface area contributed by atoms with Crippen LogP contribution in [0.2, 0.25) is 0 Å². The Morgan fingerprint density at radius 3 is 2.43 bits per heavy atom. The Morgan fingerprint density at radius 2 is 1.68 bits per heavy atom. The van der Waals surface area contributed by atoms with Gasteiger partial charge in [0.15, 0.2) is 0 Å². The fraction of sp³-hybridized carbons (Fsp3) is 0.219. The van der Waals surface area contributed by atoms with Crippen LogP contribution >= 0.6 is 0 Å². The smallest absolute Gasteiger partial charge is 0.148 e. The second kappa shape index (κ2) is 13.3. The number of aliphatic imine (C=N–C) groups is 2. The zero-order valence-electron chi connectivity index (χ0n) is 21.7. The molecule has 0 fully saturated rings. The molecule has 0 atom stereocenters. The van der Waals surface area contributed by atoms with Gasteiger partial charge in [0.05, 0.1) is 6.54 Å². The quantitative estimate of drug-likeness (QED) is 0.145. The van der Waals surface area contributed by atoms with Crippen molar-refractivity contribution in [2.75, 3.05) is 20.1 Å². The molecular formula is C32H35N5. The summed E-state index contributed by atoms with van der Waals surface area (Å²) in [5, 5.41) is 9.25. The van der Waals surface area contributed by atoms with E-state index in [1.54, 1.807) is 0 Å². The van der Waals surface area contributed by atoms with Crippen LogP contribution in [0.25, 0.3) is 27.6 Å². The van der Waals surface area contributed by atoms with Crippen LogP contribution in [0.1, 0.15) is 29.7 Å². The monoisotopic (exact) mass is 489 g/mol. The number of nitrogens with one attached hydrogen (secondary N) is 2. The zero-order chi connectivity index (χ0) is 25.9. The highest BCUT2D eigenvalue weighted by Crippen LogP contribution is 2.22. The van der Waals surface area contributed by atoms with Crippen molar-refractivity contribution >= 4 is 29.0 Å². The Balaban J connectivity index is 1.53. The fourth-order valence-corrected chi connectivity index (χ4v) is 4.21. The minimum atomic E-state index is 0.535. The first-order chi connectivity index (χ1) is 18.2. The summed E-state index contributed by atoms with van der Waals surface area (Å²) in [5.74, 6) is 0.611. The van der Waals surface area contributed by atoms with Crippen LogP contribution in [-0.2, 0) is 6.54 Å². The molecule has 0 aliphatic carbocycles. The topological polar surface area (TPSA) is 61.7 Å². The first kappa shape index (κ1) is 26.0. The van der Waals surface area contributed by atoms with Crippen molar-refractivity contribution in [3.63, 3.8) is 0 Å². The highest BCUT2D eigenvalue weighted by atomic mass is 14.9. The highest BCUT2D eigenvalue weighted by molar-refractivity contribution is 6.02. The number of aryl methyl sites for hydroxylation is 1. The largest absolute Gasteiger partial charge is 0.384 e. The van der Waals surface area contributed by atoms with Crippen LogP contribution in [0.15, 0.2) is 101 Å². The fourth-order valence-electron chi connectivity index (χ4n) is 4.21. The van der Waals surface area contributed by atoms with E-state index < -0.39 is 0 Å². The number of aromatic nitrogens is 1. The van der Waals surface area contributed by atoms with Crippen LogP contribution in [0.3, 0.4) is 0 Å². The van der Waals surface area contributed by atoms with E-state index in [1.807, 2.05) is 32.3 Å². The second-order valence-corrected chi connectivity index (χ2v) is 9.07. The lowest BCUT2D eigenvalue weighted by Gasteiger charge is -2.13. The summed E-state index contributed by atoms with van der Waals surface area (Å²) < 4.78 is 0. The predicted octanol–water partition coefficient (Wildman–Crippen LogP) is 6.44. The van der Waals surface area contributed by atoms with Crippen molar-refractivity contribution < 1.29 is 0 Å². The summed E-state index contributed by atoms with van der Waals surface area (Å²) in [6.07, 6.45) is 6.04. The zero-order valence-corrected chi connectivity index (χ0v) is 21.7. The van der Waals surface area contributed by atoms with E-state index in [1.165, 1.54) is 21.9 Å². The Labute approximate surface area is 220 Å². The number of rotatable bonds is 11. The van der Waals surface area contributed by atoms with Gasteiger partial charge in [-0.15, -0.1) is 0 Å². The molecular weight excluding hydrogens is 454 g/mol. The molecule has 0 amide bonds. The number of hydrogen-bond acceptors (Lipinski definition) is 4. The van der Waals surface area contributed by atoms with E-state index in [-0.39, 0.29) is 0 Å². The average molecular weight is 490 g/mol. The average Bonchev–Trinajstić information content (AvgIpc) is 2.94. The molecule has 3 aromatic carbocycles. The number of pyridine rings is 1. The number of benzene rings is 3. The Morgan fingerprint density at radius 1 is 0.892 bits per heavy atom. The Bertz CT molecular complexity index is 1390. The van der Waals surface area contributed by atoms with Gasteiger partial charge in [0.25, 0.3) is 0 Å². The maximum absolute atomic E-state index is 4.77. The number of nitrogens with zero attached hydrogens (tertiary/aromatic N) is 3. The van der Waals surface area contributed by atoms with E-state index in [9.17, 15) is 0 Å². The first-order valence-corrected chi connectivity index (χ1v) is 12.8. The molecule has 1 heterocycles. The summed E-state index contributed by atoms with van der Waals surface area (Å²) in [7, 11) is 1.99. The van der Waals surface area contributed by atoms with Gasteiger partial charge in [-0.25, -0.2) is 4.99 Å². The molecule has 4 aromatic rings. The third-order valence-electron chi connectivity index (χ3n) is 6.27. The molecule has 1 aromatic heterocycles. The molecule has 0 bridgehead atoms. The van der Waals surface area contributed by atoms with Crippen LogP contribution < -0.4 is 10.6 Å². The molecule has 0 unspecified atom stereocenters. The molecule has 0 aliphatic heterocycles. The van der Waals surface area contributed by atoms with Gasteiger partial charge < -0.3 is 10.6 Å². The molecule has 0 spiro atoms. The lowest BCUT2D eigenvalue weighted by Crippen LogP contribution is -2.17. The summed E-state index contributed by atoms with van der Waals surface area (Å²) in [6, 6.07) is 27.5. The lowest BCUT2D eigenvalue weighted by atomic mass is 10.0. The summed E-state index contributed by atoms with van der Waals surface area (Å²) >= 11 is 0. The predicted molar refractivity (Wildman–Crippen MR) is 158 cm³/mol. The van der Waals surface area contributed by atoms with Gasteiger partial charge in [0.1, 0.15) is 5.84 Å². The molecule has 4 rings (SSSR count). The molecule has 0 saturated carbocycles. The van der Waals surface area contributed by atoms with Gasteiger partial charge >= 0.3 is 0 Å². The van der Waals surface area contributed by atoms with Gasteiger partial charge in [-0.3, -0.25) is 9.98 Å². The normalized spacial score (nSPS) is 12.1. The van der Waals surface area contributed by atoms with Crippen LogP contribution in [0.5, 0.6) is 0 Å². The van der Waals surface area contributed by atoms with Crippen molar-refractivity contribution in [1.82, 2.24) is 15.6 Å². The van der Waals surface area contributed by atoms with Gasteiger partial charge in [0, 0.05) is 30.2 Å². The summed E-state index contributed by atoms with van der Waals surface area (Å²) in [4.78, 5) is 13.3. The minimum absolute atomic E-state index is 0.535. The van der Waals surface area contributed by atoms with Gasteiger partial charge in [0.2, 0.25) is 0 Å². The molecule has 2 N–H and O–H groups in total. The molecule has 37 heavy (non-hydrogen) atoms. The Kier molecular flexibility index (Phi) is 9.33. The van der Waals surface area contributed by atoms with E-state index in [4.69, 9.17) is 4.99 Å². The number of hydrogen-bond donors (Lipinski definition) is 2. The lowest BCUT2D eigenvalue weighted by molar-refractivity contribution is 0.660. The maximum Gasteiger partial charge on any atom is 0.148 e. The van der Waals surface area contributed by atoms with E-state index in [2.05, 4.69) is 100 Å². The van der Waals surface area contributed by atoms with Gasteiger partial charge in [-0.05, 0) is 91.3 Å². The molecule has 5 nitrogen and oxygen atoms in total. The number of unbranched alkanes of at least 4 members (excludes halogenated alkanes) is 1. The summed E-state index contributed by atoms with van der Waals surface area (Å²) in [6.45, 7) is 8.21. The van der Waals surface area contributed by atoms with Crippen molar-refractivity contribution in [3.8, 4) is 11.1 Å². The number of fused-ring (bicyclic) bond motifs is 1. The second-order valence-electron chi connectivity index (χ2n) is 9.07. The summed E-state index contributed by atoms with van der Waals surface area (Å²) in [5.41, 5.74) is 6.58. The SMILES string of the molecule is C=NC(C=C(NCCCCNC)c1ccc2ccccc2c1)=NCc1ccc(-c2ccnc(C)c2)cc1.